The van der Waals surface area contributed by atoms with Crippen molar-refractivity contribution in [3.05, 3.63) is 102 Å². The molecule has 0 aliphatic heterocycles. The van der Waals surface area contributed by atoms with E-state index in [1.807, 2.05) is 60.7 Å². The van der Waals surface area contributed by atoms with Crippen LogP contribution in [0.15, 0.2) is 84.9 Å². The average molecular weight is 430 g/mol. The molecule has 0 spiro atoms. The monoisotopic (exact) mass is 429 g/mol. The topological polar surface area (TPSA) is 61.4 Å². The van der Waals surface area contributed by atoms with Gasteiger partial charge in [-0.25, -0.2) is 0 Å². The fourth-order valence-electron chi connectivity index (χ4n) is 3.67. The lowest BCUT2D eigenvalue weighted by molar-refractivity contribution is -0.116. The summed E-state index contributed by atoms with van der Waals surface area (Å²) in [4.78, 5) is 27.9. The molecular weight excluding hydrogens is 398 g/mol. The average Bonchev–Trinajstić information content (AvgIpc) is 2.84. The summed E-state index contributed by atoms with van der Waals surface area (Å²) in [5.41, 5.74) is 3.09. The van der Waals surface area contributed by atoms with Crippen LogP contribution in [0.25, 0.3) is 0 Å². The normalized spacial score (nSPS) is 10.9. The number of benzene rings is 3. The fourth-order valence-corrected chi connectivity index (χ4v) is 3.67. The molecule has 0 bridgehead atoms. The van der Waals surface area contributed by atoms with Crippen LogP contribution in [-0.4, -0.2) is 42.9 Å². The highest BCUT2D eigenvalue weighted by Crippen LogP contribution is 2.26. The van der Waals surface area contributed by atoms with Crippen molar-refractivity contribution in [3.8, 4) is 0 Å². The van der Waals surface area contributed by atoms with E-state index in [9.17, 15) is 9.59 Å². The molecule has 0 atom stereocenters. The molecule has 0 heterocycles. The van der Waals surface area contributed by atoms with E-state index in [-0.39, 0.29) is 11.8 Å². The van der Waals surface area contributed by atoms with E-state index < -0.39 is 5.92 Å². The van der Waals surface area contributed by atoms with Crippen LogP contribution < -0.4 is 10.6 Å². The second-order valence-corrected chi connectivity index (χ2v) is 7.60. The first-order chi connectivity index (χ1) is 15.6. The lowest BCUT2D eigenvalue weighted by Crippen LogP contribution is -2.34. The summed E-state index contributed by atoms with van der Waals surface area (Å²) in [6.07, 6.45) is 0. The van der Waals surface area contributed by atoms with Crippen LogP contribution in [0.1, 0.15) is 41.3 Å². The predicted molar refractivity (Wildman–Crippen MR) is 130 cm³/mol. The number of likely N-dealkylation sites (N-methyl/N-ethyl adjacent to an activating group) is 1. The SMILES string of the molecule is CCN(CC)CCNC(=O)c1ccc(NC(=O)C(c2ccccc2)c2ccccc2)cc1. The third-order valence-corrected chi connectivity index (χ3v) is 5.55. The minimum atomic E-state index is -0.416. The van der Waals surface area contributed by atoms with Crippen LogP contribution in [-0.2, 0) is 4.79 Å². The number of carbonyl (C=O) groups is 2. The maximum Gasteiger partial charge on any atom is 0.251 e. The maximum absolute atomic E-state index is 13.2. The van der Waals surface area contributed by atoms with Crippen molar-refractivity contribution in [2.75, 3.05) is 31.5 Å². The van der Waals surface area contributed by atoms with Gasteiger partial charge in [-0.3, -0.25) is 9.59 Å². The Bertz CT molecular complexity index is 945. The van der Waals surface area contributed by atoms with E-state index in [2.05, 4.69) is 29.4 Å². The number of anilines is 1. The van der Waals surface area contributed by atoms with E-state index in [1.165, 1.54) is 0 Å². The summed E-state index contributed by atoms with van der Waals surface area (Å²) in [5.74, 6) is -0.638. The summed E-state index contributed by atoms with van der Waals surface area (Å²) >= 11 is 0. The van der Waals surface area contributed by atoms with Gasteiger partial charge in [-0.15, -0.1) is 0 Å². The van der Waals surface area contributed by atoms with Crippen molar-refractivity contribution in [2.45, 2.75) is 19.8 Å². The zero-order valence-electron chi connectivity index (χ0n) is 18.8. The molecule has 0 aliphatic rings. The summed E-state index contributed by atoms with van der Waals surface area (Å²) in [7, 11) is 0. The molecule has 3 aromatic carbocycles. The van der Waals surface area contributed by atoms with Gasteiger partial charge in [-0.05, 0) is 48.5 Å². The molecular formula is C27H31N3O2. The standard InChI is InChI=1S/C27H31N3O2/c1-3-30(4-2)20-19-28-26(31)23-15-17-24(18-16-23)29-27(32)25(21-11-7-5-8-12-21)22-13-9-6-10-14-22/h5-18,25H,3-4,19-20H2,1-2H3,(H,28,31)(H,29,32). The Morgan fingerprint density at radius 2 is 1.31 bits per heavy atom. The van der Waals surface area contributed by atoms with Crippen LogP contribution >= 0.6 is 0 Å². The summed E-state index contributed by atoms with van der Waals surface area (Å²) in [6, 6.07) is 26.5. The number of hydrogen-bond donors (Lipinski definition) is 2. The Morgan fingerprint density at radius 3 is 1.81 bits per heavy atom. The number of rotatable bonds is 10. The summed E-state index contributed by atoms with van der Waals surface area (Å²) in [6.45, 7) is 7.58. The van der Waals surface area contributed by atoms with Crippen LogP contribution in [0.3, 0.4) is 0 Å². The van der Waals surface area contributed by atoms with Crippen molar-refractivity contribution in [1.29, 1.82) is 0 Å². The van der Waals surface area contributed by atoms with Gasteiger partial charge in [0.05, 0.1) is 5.92 Å². The predicted octanol–water partition coefficient (Wildman–Crippen LogP) is 4.53. The molecule has 0 saturated carbocycles. The zero-order chi connectivity index (χ0) is 22.8. The smallest absolute Gasteiger partial charge is 0.251 e. The lowest BCUT2D eigenvalue weighted by atomic mass is 9.90. The first kappa shape index (κ1) is 23.2. The fraction of sp³-hybridized carbons (Fsp3) is 0.259. The molecule has 32 heavy (non-hydrogen) atoms. The molecule has 0 unspecified atom stereocenters. The Kier molecular flexibility index (Phi) is 8.58. The zero-order valence-corrected chi connectivity index (χ0v) is 18.8. The van der Waals surface area contributed by atoms with Gasteiger partial charge < -0.3 is 15.5 Å². The van der Waals surface area contributed by atoms with Gasteiger partial charge in [-0.1, -0.05) is 74.5 Å². The van der Waals surface area contributed by atoms with Gasteiger partial charge >= 0.3 is 0 Å². The molecule has 0 aliphatic carbocycles. The molecule has 5 heteroatoms. The van der Waals surface area contributed by atoms with E-state index >= 15 is 0 Å². The lowest BCUT2D eigenvalue weighted by Gasteiger charge is -2.18. The second-order valence-electron chi connectivity index (χ2n) is 7.60. The summed E-state index contributed by atoms with van der Waals surface area (Å²) < 4.78 is 0. The molecule has 0 fully saturated rings. The third-order valence-electron chi connectivity index (χ3n) is 5.55. The largest absolute Gasteiger partial charge is 0.351 e. The van der Waals surface area contributed by atoms with E-state index in [0.29, 0.717) is 17.8 Å². The quantitative estimate of drug-likeness (QED) is 0.498. The minimum Gasteiger partial charge on any atom is -0.351 e. The van der Waals surface area contributed by atoms with Crippen molar-refractivity contribution < 1.29 is 9.59 Å². The second kappa shape index (κ2) is 11.8. The molecule has 0 aromatic heterocycles. The van der Waals surface area contributed by atoms with Gasteiger partial charge in [0, 0.05) is 24.3 Å². The molecule has 166 valence electrons. The minimum absolute atomic E-state index is 0.110. The van der Waals surface area contributed by atoms with Gasteiger partial charge in [0.15, 0.2) is 0 Å². The van der Waals surface area contributed by atoms with Crippen molar-refractivity contribution in [2.24, 2.45) is 0 Å². The van der Waals surface area contributed by atoms with Crippen molar-refractivity contribution in [3.63, 3.8) is 0 Å². The van der Waals surface area contributed by atoms with Gasteiger partial charge in [0.25, 0.3) is 5.91 Å². The molecule has 0 radical (unpaired) electrons. The number of nitrogens with one attached hydrogen (secondary N) is 2. The highest BCUT2D eigenvalue weighted by Gasteiger charge is 2.22. The molecule has 2 N–H and O–H groups in total. The first-order valence-corrected chi connectivity index (χ1v) is 11.1. The van der Waals surface area contributed by atoms with Gasteiger partial charge in [0.2, 0.25) is 5.91 Å². The van der Waals surface area contributed by atoms with Crippen molar-refractivity contribution in [1.82, 2.24) is 10.2 Å². The van der Waals surface area contributed by atoms with Crippen LogP contribution in [0.4, 0.5) is 5.69 Å². The van der Waals surface area contributed by atoms with Crippen molar-refractivity contribution >= 4 is 17.5 Å². The van der Waals surface area contributed by atoms with Gasteiger partial charge in [-0.2, -0.15) is 0 Å². The third kappa shape index (κ3) is 6.28. The highest BCUT2D eigenvalue weighted by molar-refractivity contribution is 5.99. The first-order valence-electron chi connectivity index (χ1n) is 11.1. The number of hydrogen-bond acceptors (Lipinski definition) is 3. The Labute approximate surface area is 190 Å². The molecule has 3 aromatic rings. The molecule has 5 nitrogen and oxygen atoms in total. The molecule has 2 amide bonds. The Morgan fingerprint density at radius 1 is 0.781 bits per heavy atom. The Hall–Kier alpha value is -3.44. The van der Waals surface area contributed by atoms with E-state index in [0.717, 1.165) is 30.8 Å². The van der Waals surface area contributed by atoms with Crippen LogP contribution in [0.5, 0.6) is 0 Å². The number of nitrogens with zero attached hydrogens (tertiary/aromatic N) is 1. The van der Waals surface area contributed by atoms with E-state index in [4.69, 9.17) is 0 Å². The maximum atomic E-state index is 13.2. The molecule has 3 rings (SSSR count). The highest BCUT2D eigenvalue weighted by atomic mass is 16.2. The number of amides is 2. The summed E-state index contributed by atoms with van der Waals surface area (Å²) in [5, 5.41) is 5.95. The van der Waals surface area contributed by atoms with Crippen LogP contribution in [0, 0.1) is 0 Å². The number of carbonyl (C=O) groups excluding carboxylic acids is 2. The molecule has 0 saturated heterocycles. The van der Waals surface area contributed by atoms with Gasteiger partial charge in [0.1, 0.15) is 0 Å². The van der Waals surface area contributed by atoms with Crippen LogP contribution in [0.2, 0.25) is 0 Å². The Balaban J connectivity index is 1.66. The van der Waals surface area contributed by atoms with E-state index in [1.54, 1.807) is 24.3 Å².